The number of carbonyl (C=O) groups is 1. The van der Waals surface area contributed by atoms with Crippen molar-refractivity contribution in [1.29, 1.82) is 0 Å². The van der Waals surface area contributed by atoms with E-state index in [-0.39, 0.29) is 5.91 Å². The van der Waals surface area contributed by atoms with Crippen molar-refractivity contribution < 1.29 is 4.79 Å². The van der Waals surface area contributed by atoms with E-state index in [9.17, 15) is 4.79 Å². The van der Waals surface area contributed by atoms with E-state index in [0.29, 0.717) is 6.42 Å². The molecule has 3 aromatic rings. The first-order chi connectivity index (χ1) is 11.2. The van der Waals surface area contributed by atoms with Crippen molar-refractivity contribution in [1.82, 2.24) is 5.43 Å². The monoisotopic (exact) mass is 302 g/mol. The average Bonchev–Trinajstić information content (AvgIpc) is 2.61. The van der Waals surface area contributed by atoms with E-state index in [2.05, 4.69) is 22.7 Å². The highest BCUT2D eigenvalue weighted by atomic mass is 16.2. The van der Waals surface area contributed by atoms with Gasteiger partial charge in [0.2, 0.25) is 5.91 Å². The summed E-state index contributed by atoms with van der Waals surface area (Å²) in [5, 5.41) is 6.43. The highest BCUT2D eigenvalue weighted by Crippen LogP contribution is 2.18. The first kappa shape index (κ1) is 15.0. The zero-order chi connectivity index (χ0) is 16.1. The SMILES string of the molecule is C/C(=N/NC(=O)Cc1cccc2ccccc12)c1ccccc1. The maximum absolute atomic E-state index is 12.2. The number of nitrogens with zero attached hydrogens (tertiary/aromatic N) is 1. The van der Waals surface area contributed by atoms with Crippen LogP contribution in [0, 0.1) is 0 Å². The Bertz CT molecular complexity index is 848. The molecule has 23 heavy (non-hydrogen) atoms. The Morgan fingerprint density at radius 3 is 2.43 bits per heavy atom. The van der Waals surface area contributed by atoms with Gasteiger partial charge in [-0.2, -0.15) is 5.10 Å². The number of carbonyl (C=O) groups excluding carboxylic acids is 1. The van der Waals surface area contributed by atoms with Crippen LogP contribution in [-0.2, 0) is 11.2 Å². The third-order valence-electron chi connectivity index (χ3n) is 3.77. The van der Waals surface area contributed by atoms with Gasteiger partial charge in [-0.25, -0.2) is 5.43 Å². The Kier molecular flexibility index (Phi) is 4.48. The van der Waals surface area contributed by atoms with Crippen molar-refractivity contribution >= 4 is 22.4 Å². The molecule has 3 nitrogen and oxygen atoms in total. The Labute approximate surface area is 135 Å². The van der Waals surface area contributed by atoms with E-state index in [0.717, 1.165) is 27.6 Å². The molecule has 3 rings (SSSR count). The molecule has 0 aromatic heterocycles. The number of nitrogens with one attached hydrogen (secondary N) is 1. The third kappa shape index (κ3) is 3.64. The van der Waals surface area contributed by atoms with E-state index in [1.165, 1.54) is 0 Å². The van der Waals surface area contributed by atoms with Crippen molar-refractivity contribution in [2.75, 3.05) is 0 Å². The van der Waals surface area contributed by atoms with Crippen LogP contribution in [0.4, 0.5) is 0 Å². The Morgan fingerprint density at radius 1 is 0.913 bits per heavy atom. The predicted molar refractivity (Wildman–Crippen MR) is 94.4 cm³/mol. The summed E-state index contributed by atoms with van der Waals surface area (Å²) in [4.78, 5) is 12.2. The standard InChI is InChI=1S/C20H18N2O/c1-15(16-8-3-2-4-9-16)21-22-20(23)14-18-12-7-11-17-10-5-6-13-19(17)18/h2-13H,14H2,1H3,(H,22,23)/b21-15-. The van der Waals surface area contributed by atoms with Gasteiger partial charge in [-0.15, -0.1) is 0 Å². The number of hydrogen-bond acceptors (Lipinski definition) is 2. The second-order valence-electron chi connectivity index (χ2n) is 5.41. The van der Waals surface area contributed by atoms with Gasteiger partial charge in [0, 0.05) is 0 Å². The summed E-state index contributed by atoms with van der Waals surface area (Å²) < 4.78 is 0. The first-order valence-corrected chi connectivity index (χ1v) is 7.59. The fourth-order valence-electron chi connectivity index (χ4n) is 2.55. The van der Waals surface area contributed by atoms with Crippen LogP contribution in [0.1, 0.15) is 18.1 Å². The van der Waals surface area contributed by atoms with Gasteiger partial charge in [-0.3, -0.25) is 4.79 Å². The minimum absolute atomic E-state index is 0.114. The second kappa shape index (κ2) is 6.88. The summed E-state index contributed by atoms with van der Waals surface area (Å²) in [6.45, 7) is 1.88. The van der Waals surface area contributed by atoms with Gasteiger partial charge < -0.3 is 0 Å². The maximum Gasteiger partial charge on any atom is 0.244 e. The van der Waals surface area contributed by atoms with Crippen LogP contribution in [0.25, 0.3) is 10.8 Å². The lowest BCUT2D eigenvalue weighted by Crippen LogP contribution is -2.21. The van der Waals surface area contributed by atoms with Gasteiger partial charge >= 0.3 is 0 Å². The van der Waals surface area contributed by atoms with Gasteiger partial charge in [0.15, 0.2) is 0 Å². The van der Waals surface area contributed by atoms with Crippen molar-refractivity contribution in [2.45, 2.75) is 13.3 Å². The summed E-state index contributed by atoms with van der Waals surface area (Å²) in [5.41, 5.74) is 5.44. The quantitative estimate of drug-likeness (QED) is 0.576. The Morgan fingerprint density at radius 2 is 1.61 bits per heavy atom. The lowest BCUT2D eigenvalue weighted by molar-refractivity contribution is -0.120. The Hall–Kier alpha value is -2.94. The summed E-state index contributed by atoms with van der Waals surface area (Å²) >= 11 is 0. The largest absolute Gasteiger partial charge is 0.273 e. The highest BCUT2D eigenvalue weighted by Gasteiger charge is 2.06. The predicted octanol–water partition coefficient (Wildman–Crippen LogP) is 3.92. The molecule has 0 aliphatic rings. The van der Waals surface area contributed by atoms with Crippen LogP contribution in [0.5, 0.6) is 0 Å². The van der Waals surface area contributed by atoms with Crippen LogP contribution in [0.3, 0.4) is 0 Å². The van der Waals surface area contributed by atoms with Gasteiger partial charge in [-0.05, 0) is 28.8 Å². The number of amides is 1. The van der Waals surface area contributed by atoms with Crippen LogP contribution in [0.2, 0.25) is 0 Å². The number of hydrogen-bond donors (Lipinski definition) is 1. The maximum atomic E-state index is 12.2. The summed E-state index contributed by atoms with van der Waals surface area (Å²) in [6.07, 6.45) is 0.312. The zero-order valence-corrected chi connectivity index (χ0v) is 13.0. The molecule has 114 valence electrons. The molecule has 0 aliphatic carbocycles. The van der Waals surface area contributed by atoms with E-state index in [1.807, 2.05) is 67.6 Å². The highest BCUT2D eigenvalue weighted by molar-refractivity contribution is 5.99. The van der Waals surface area contributed by atoms with Gasteiger partial charge in [0.25, 0.3) is 0 Å². The molecule has 0 unspecified atom stereocenters. The molecule has 0 bridgehead atoms. The fourth-order valence-corrected chi connectivity index (χ4v) is 2.55. The fraction of sp³-hybridized carbons (Fsp3) is 0.100. The molecule has 0 saturated carbocycles. The summed E-state index contributed by atoms with van der Waals surface area (Å²) in [7, 11) is 0. The molecule has 0 saturated heterocycles. The van der Waals surface area contributed by atoms with Crippen LogP contribution in [-0.4, -0.2) is 11.6 Å². The van der Waals surface area contributed by atoms with E-state index >= 15 is 0 Å². The topological polar surface area (TPSA) is 41.5 Å². The molecule has 0 spiro atoms. The minimum Gasteiger partial charge on any atom is -0.273 e. The van der Waals surface area contributed by atoms with Gasteiger partial charge in [-0.1, -0.05) is 72.8 Å². The number of fused-ring (bicyclic) bond motifs is 1. The summed E-state index contributed by atoms with van der Waals surface area (Å²) in [5.74, 6) is -0.114. The molecule has 0 radical (unpaired) electrons. The lowest BCUT2D eigenvalue weighted by Gasteiger charge is -2.06. The van der Waals surface area contributed by atoms with Crippen LogP contribution >= 0.6 is 0 Å². The van der Waals surface area contributed by atoms with Crippen molar-refractivity contribution in [2.24, 2.45) is 5.10 Å². The number of rotatable bonds is 4. The van der Waals surface area contributed by atoms with Crippen LogP contribution < -0.4 is 5.43 Å². The van der Waals surface area contributed by atoms with Gasteiger partial charge in [0.05, 0.1) is 12.1 Å². The van der Waals surface area contributed by atoms with E-state index in [1.54, 1.807) is 0 Å². The number of benzene rings is 3. The molecule has 0 fully saturated rings. The molecule has 3 heteroatoms. The molecule has 1 N–H and O–H groups in total. The normalized spacial score (nSPS) is 11.4. The van der Waals surface area contributed by atoms with Crippen LogP contribution in [0.15, 0.2) is 77.9 Å². The van der Waals surface area contributed by atoms with Crippen molar-refractivity contribution in [3.05, 3.63) is 83.9 Å². The first-order valence-electron chi connectivity index (χ1n) is 7.59. The smallest absolute Gasteiger partial charge is 0.244 e. The third-order valence-corrected chi connectivity index (χ3v) is 3.77. The minimum atomic E-state index is -0.114. The number of hydrazone groups is 1. The molecule has 0 aliphatic heterocycles. The molecule has 1 amide bonds. The zero-order valence-electron chi connectivity index (χ0n) is 13.0. The molecule has 0 heterocycles. The molecular formula is C20H18N2O. The molecule has 0 atom stereocenters. The lowest BCUT2D eigenvalue weighted by atomic mass is 10.0. The Balaban J connectivity index is 1.72. The van der Waals surface area contributed by atoms with Crippen molar-refractivity contribution in [3.8, 4) is 0 Å². The average molecular weight is 302 g/mol. The second-order valence-corrected chi connectivity index (χ2v) is 5.41. The van der Waals surface area contributed by atoms with E-state index < -0.39 is 0 Å². The van der Waals surface area contributed by atoms with Gasteiger partial charge in [0.1, 0.15) is 0 Å². The molecular weight excluding hydrogens is 284 g/mol. The van der Waals surface area contributed by atoms with E-state index in [4.69, 9.17) is 0 Å². The molecule has 3 aromatic carbocycles. The van der Waals surface area contributed by atoms with Crippen molar-refractivity contribution in [3.63, 3.8) is 0 Å². The summed E-state index contributed by atoms with van der Waals surface area (Å²) in [6, 6.07) is 23.9.